The maximum absolute atomic E-state index is 14.4. The van der Waals surface area contributed by atoms with Crippen molar-refractivity contribution in [1.29, 1.82) is 5.26 Å². The van der Waals surface area contributed by atoms with Crippen molar-refractivity contribution in [2.45, 2.75) is 20.4 Å². The molecule has 3 aromatic rings. The molecule has 2 N–H and O–H groups in total. The summed E-state index contributed by atoms with van der Waals surface area (Å²) < 4.78 is 40.2. The van der Waals surface area contributed by atoms with E-state index in [0.717, 1.165) is 12.1 Å². The van der Waals surface area contributed by atoms with Crippen molar-refractivity contribution in [3.63, 3.8) is 0 Å². The van der Waals surface area contributed by atoms with E-state index in [0.29, 0.717) is 11.3 Å². The van der Waals surface area contributed by atoms with Gasteiger partial charge >= 0.3 is 0 Å². The number of nitrogens with zero attached hydrogens (tertiary/aromatic N) is 5. The number of anilines is 1. The van der Waals surface area contributed by atoms with Crippen LogP contribution in [0.1, 0.15) is 23.7 Å². The molecule has 0 unspecified atom stereocenters. The van der Waals surface area contributed by atoms with Gasteiger partial charge in [0, 0.05) is 23.3 Å². The number of ether oxygens (including phenoxy) is 2. The highest BCUT2D eigenvalue weighted by Crippen LogP contribution is 2.27. The average molecular weight is 400 g/mol. The number of nitriles is 1. The quantitative estimate of drug-likeness (QED) is 0.677. The van der Waals surface area contributed by atoms with E-state index < -0.39 is 11.6 Å². The smallest absolute Gasteiger partial charge is 0.182 e. The molecule has 150 valence electrons. The predicted molar refractivity (Wildman–Crippen MR) is 100 cm³/mol. The summed E-state index contributed by atoms with van der Waals surface area (Å²) in [5, 5.41) is 13.8. The lowest BCUT2D eigenvalue weighted by atomic mass is 10.1. The van der Waals surface area contributed by atoms with E-state index in [2.05, 4.69) is 15.1 Å². The van der Waals surface area contributed by atoms with E-state index in [1.165, 1.54) is 18.0 Å². The van der Waals surface area contributed by atoms with Crippen LogP contribution < -0.4 is 15.2 Å². The molecule has 0 aliphatic rings. The first-order chi connectivity index (χ1) is 13.9. The van der Waals surface area contributed by atoms with Crippen molar-refractivity contribution in [1.82, 2.24) is 19.7 Å². The summed E-state index contributed by atoms with van der Waals surface area (Å²) in [5.74, 6) is -0.928. The predicted octanol–water partition coefficient (Wildman–Crippen LogP) is 2.84. The molecule has 2 heterocycles. The molecular weight excluding hydrogens is 382 g/mol. The van der Waals surface area contributed by atoms with E-state index in [9.17, 15) is 14.0 Å². The largest absolute Gasteiger partial charge is 0.494 e. The van der Waals surface area contributed by atoms with Gasteiger partial charge in [-0.3, -0.25) is 0 Å². The Bertz CT molecular complexity index is 1080. The van der Waals surface area contributed by atoms with Crippen molar-refractivity contribution in [3.05, 3.63) is 46.8 Å². The lowest BCUT2D eigenvalue weighted by molar-refractivity contribution is 0.335. The number of benzene rings is 1. The van der Waals surface area contributed by atoms with E-state index in [-0.39, 0.29) is 47.5 Å². The summed E-state index contributed by atoms with van der Waals surface area (Å²) in [6.07, 6.45) is 1.38. The third-order valence-corrected chi connectivity index (χ3v) is 4.24. The second-order valence-corrected chi connectivity index (χ2v) is 6.04. The first kappa shape index (κ1) is 20.0. The fourth-order valence-electron chi connectivity index (χ4n) is 2.81. The topological polar surface area (TPSA) is 112 Å². The van der Waals surface area contributed by atoms with Crippen molar-refractivity contribution in [2.75, 3.05) is 19.5 Å². The molecule has 0 amide bonds. The highest BCUT2D eigenvalue weighted by atomic mass is 19.1. The Balaban J connectivity index is 2.03. The molecule has 0 fully saturated rings. The van der Waals surface area contributed by atoms with Gasteiger partial charge in [0.25, 0.3) is 0 Å². The van der Waals surface area contributed by atoms with Gasteiger partial charge in [-0.2, -0.15) is 10.4 Å². The average Bonchev–Trinajstić information content (AvgIpc) is 3.00. The standard InChI is InChI=1S/C19H18F2N6O2/c1-4-29-11-5-13(20)12(14(21)6-11)9-27-15(7-22)10(2)17(26-27)19-24-8-16(28-3)18(23)25-19/h5-6,8H,4,9H2,1-3H3,(H2,23,24,25). The normalized spacial score (nSPS) is 10.6. The summed E-state index contributed by atoms with van der Waals surface area (Å²) in [5.41, 5.74) is 6.44. The molecule has 1 aromatic carbocycles. The van der Waals surface area contributed by atoms with Crippen LogP contribution in [-0.4, -0.2) is 33.5 Å². The molecular formula is C19H18F2N6O2. The Hall–Kier alpha value is -3.74. The highest BCUT2D eigenvalue weighted by molar-refractivity contribution is 5.61. The van der Waals surface area contributed by atoms with Gasteiger partial charge in [0.05, 0.1) is 26.5 Å². The molecule has 0 aliphatic heterocycles. The molecule has 3 rings (SSSR count). The van der Waals surface area contributed by atoms with E-state index in [1.807, 2.05) is 6.07 Å². The second-order valence-electron chi connectivity index (χ2n) is 6.04. The number of halogens is 2. The molecule has 0 saturated carbocycles. The molecule has 8 nitrogen and oxygen atoms in total. The van der Waals surface area contributed by atoms with Crippen LogP contribution in [0.5, 0.6) is 11.5 Å². The number of hydrogen-bond acceptors (Lipinski definition) is 7. The van der Waals surface area contributed by atoms with E-state index in [1.54, 1.807) is 13.8 Å². The molecule has 0 atom stereocenters. The molecule has 10 heteroatoms. The zero-order valence-corrected chi connectivity index (χ0v) is 16.0. The van der Waals surface area contributed by atoms with Crippen molar-refractivity contribution in [3.8, 4) is 29.1 Å². The summed E-state index contributed by atoms with van der Waals surface area (Å²) >= 11 is 0. The molecule has 29 heavy (non-hydrogen) atoms. The number of hydrogen-bond donors (Lipinski definition) is 1. The van der Waals surface area contributed by atoms with E-state index in [4.69, 9.17) is 15.2 Å². The third-order valence-electron chi connectivity index (χ3n) is 4.24. The molecule has 0 aliphatic carbocycles. The zero-order valence-electron chi connectivity index (χ0n) is 16.0. The SMILES string of the molecule is CCOc1cc(F)c(Cn2nc(-c3ncc(OC)c(N)n3)c(C)c2C#N)c(F)c1. The van der Waals surface area contributed by atoms with E-state index >= 15 is 0 Å². The van der Waals surface area contributed by atoms with Crippen LogP contribution >= 0.6 is 0 Å². The van der Waals surface area contributed by atoms with Gasteiger partial charge in [0.2, 0.25) is 0 Å². The van der Waals surface area contributed by atoms with Crippen LogP contribution in [0, 0.1) is 29.9 Å². The van der Waals surface area contributed by atoms with Gasteiger partial charge in [0.1, 0.15) is 34.8 Å². The molecule has 0 saturated heterocycles. The van der Waals surface area contributed by atoms with Gasteiger partial charge in [-0.15, -0.1) is 0 Å². The van der Waals surface area contributed by atoms with Crippen LogP contribution in [0.2, 0.25) is 0 Å². The minimum absolute atomic E-state index is 0.0891. The van der Waals surface area contributed by atoms with Crippen molar-refractivity contribution >= 4 is 5.82 Å². The lowest BCUT2D eigenvalue weighted by Crippen LogP contribution is -2.09. The van der Waals surface area contributed by atoms with Gasteiger partial charge < -0.3 is 15.2 Å². The number of nitrogens with two attached hydrogens (primary N) is 1. The molecule has 0 spiro atoms. The summed E-state index contributed by atoms with van der Waals surface area (Å²) in [6, 6.07) is 4.19. The number of aromatic nitrogens is 4. The maximum atomic E-state index is 14.4. The Labute approximate surface area is 165 Å². The van der Waals surface area contributed by atoms with Crippen LogP contribution in [0.25, 0.3) is 11.5 Å². The minimum atomic E-state index is -0.794. The Morgan fingerprint density at radius 2 is 1.97 bits per heavy atom. The number of nitrogen functional groups attached to an aromatic ring is 1. The zero-order chi connectivity index (χ0) is 21.1. The highest BCUT2D eigenvalue weighted by Gasteiger charge is 2.21. The summed E-state index contributed by atoms with van der Waals surface area (Å²) in [6.45, 7) is 3.35. The van der Waals surface area contributed by atoms with Crippen LogP contribution in [0.3, 0.4) is 0 Å². The first-order valence-electron chi connectivity index (χ1n) is 8.64. The van der Waals surface area contributed by atoms with Gasteiger partial charge in [-0.05, 0) is 13.8 Å². The summed E-state index contributed by atoms with van der Waals surface area (Å²) in [4.78, 5) is 8.27. The monoisotopic (exact) mass is 400 g/mol. The number of rotatable bonds is 6. The van der Waals surface area contributed by atoms with Crippen molar-refractivity contribution < 1.29 is 18.3 Å². The minimum Gasteiger partial charge on any atom is -0.494 e. The lowest BCUT2D eigenvalue weighted by Gasteiger charge is -2.09. The van der Waals surface area contributed by atoms with Crippen LogP contribution in [-0.2, 0) is 6.54 Å². The summed E-state index contributed by atoms with van der Waals surface area (Å²) in [7, 11) is 1.43. The van der Waals surface area contributed by atoms with Crippen LogP contribution in [0.15, 0.2) is 18.3 Å². The van der Waals surface area contributed by atoms with Gasteiger partial charge in [-0.25, -0.2) is 23.4 Å². The molecule has 0 radical (unpaired) electrons. The van der Waals surface area contributed by atoms with Crippen LogP contribution in [0.4, 0.5) is 14.6 Å². The maximum Gasteiger partial charge on any atom is 0.182 e. The fourth-order valence-corrected chi connectivity index (χ4v) is 2.81. The van der Waals surface area contributed by atoms with Gasteiger partial charge in [-0.1, -0.05) is 0 Å². The number of methoxy groups -OCH3 is 1. The Morgan fingerprint density at radius 3 is 2.52 bits per heavy atom. The molecule has 0 bridgehead atoms. The first-order valence-corrected chi connectivity index (χ1v) is 8.64. The Kier molecular flexibility index (Phi) is 5.59. The van der Waals surface area contributed by atoms with Gasteiger partial charge in [0.15, 0.2) is 17.4 Å². The fraction of sp³-hybridized carbons (Fsp3) is 0.263. The third kappa shape index (κ3) is 3.80. The van der Waals surface area contributed by atoms with Crippen molar-refractivity contribution in [2.24, 2.45) is 0 Å². The second kappa shape index (κ2) is 8.10. The Morgan fingerprint density at radius 1 is 1.28 bits per heavy atom. The molecule has 2 aromatic heterocycles.